The molecule has 5 nitrogen and oxygen atoms in total. The summed E-state index contributed by atoms with van der Waals surface area (Å²) in [6.45, 7) is 1.60. The van der Waals surface area contributed by atoms with Gasteiger partial charge in [0.05, 0.1) is 11.6 Å². The van der Waals surface area contributed by atoms with Crippen LogP contribution in [0.3, 0.4) is 0 Å². The number of rotatable bonds is 5. The zero-order valence-corrected chi connectivity index (χ0v) is 15.9. The van der Waals surface area contributed by atoms with Crippen molar-refractivity contribution in [3.05, 3.63) is 48.7 Å². The number of aliphatic hydroxyl groups is 1. The third kappa shape index (κ3) is 3.75. The Morgan fingerprint density at radius 2 is 1.88 bits per heavy atom. The van der Waals surface area contributed by atoms with Gasteiger partial charge in [-0.05, 0) is 41.8 Å². The molecule has 136 valence electrons. The number of benzene rings is 2. The first-order chi connectivity index (χ1) is 12.6. The summed E-state index contributed by atoms with van der Waals surface area (Å²) in [5.41, 5.74) is 4.76. The van der Waals surface area contributed by atoms with Crippen LogP contribution in [0, 0.1) is 0 Å². The number of nitrogens with one attached hydrogen (secondary N) is 1. The highest BCUT2D eigenvalue weighted by Gasteiger charge is 2.20. The molecule has 2 aromatic carbocycles. The van der Waals surface area contributed by atoms with Crippen LogP contribution in [0.25, 0.3) is 22.0 Å². The largest absolute Gasteiger partial charge is 0.391 e. The van der Waals surface area contributed by atoms with Gasteiger partial charge < -0.3 is 24.8 Å². The topological polar surface area (TPSA) is 79.7 Å². The first-order valence-corrected chi connectivity index (χ1v) is 10.9. The van der Waals surface area contributed by atoms with Crippen molar-refractivity contribution in [1.82, 2.24) is 4.98 Å². The van der Waals surface area contributed by atoms with E-state index in [9.17, 15) is 5.11 Å². The number of hydrogen-bond donors (Lipinski definition) is 4. The van der Waals surface area contributed by atoms with E-state index in [0.717, 1.165) is 45.6 Å². The average molecular weight is 388 g/mol. The maximum absolute atomic E-state index is 9.70. The molecule has 0 spiro atoms. The fraction of sp³-hybridized carbons (Fsp3) is 0.263. The van der Waals surface area contributed by atoms with E-state index in [1.807, 2.05) is 6.20 Å². The molecule has 3 aromatic rings. The fourth-order valence-corrected chi connectivity index (χ4v) is 4.85. The minimum atomic E-state index is -1.90. The summed E-state index contributed by atoms with van der Waals surface area (Å²) in [6.07, 6.45) is 2.52. The van der Waals surface area contributed by atoms with Gasteiger partial charge in [-0.3, -0.25) is 0 Å². The monoisotopic (exact) mass is 388 g/mol. The Morgan fingerprint density at radius 3 is 2.58 bits per heavy atom. The molecule has 2 heterocycles. The lowest BCUT2D eigenvalue weighted by Crippen LogP contribution is -2.20. The Labute approximate surface area is 157 Å². The Morgan fingerprint density at radius 1 is 1.12 bits per heavy atom. The van der Waals surface area contributed by atoms with Gasteiger partial charge in [0.25, 0.3) is 0 Å². The summed E-state index contributed by atoms with van der Waals surface area (Å²) in [7, 11) is -1.90. The van der Waals surface area contributed by atoms with Crippen LogP contribution in [0.5, 0.6) is 0 Å². The molecule has 0 saturated carbocycles. The SMILES string of the molecule is OC1CCN(c2ccc(-c3ccc4[nH]cc(SCP(O)O)c4c3)cc2)C1. The molecule has 0 radical (unpaired) electrons. The molecule has 1 fully saturated rings. The molecule has 7 heteroatoms. The van der Waals surface area contributed by atoms with Crippen LogP contribution in [0.1, 0.15) is 6.42 Å². The standard InChI is InChI=1S/C19H21N2O3PS/c22-16-7-8-21(11-16)15-4-1-13(2-5-15)14-3-6-18-17(9-14)19(10-20-18)26-12-25(23)24/h1-6,9-10,16,20,22-24H,7-8,11-12H2. The number of thioether (sulfide) groups is 1. The summed E-state index contributed by atoms with van der Waals surface area (Å²) >= 11 is 1.46. The number of nitrogens with zero attached hydrogens (tertiary/aromatic N) is 1. The Bertz CT molecular complexity index is 897. The molecule has 0 aliphatic carbocycles. The number of aromatic amines is 1. The molecule has 26 heavy (non-hydrogen) atoms. The van der Waals surface area contributed by atoms with Crippen molar-refractivity contribution in [2.24, 2.45) is 0 Å². The van der Waals surface area contributed by atoms with Crippen molar-refractivity contribution >= 4 is 36.7 Å². The molecule has 1 unspecified atom stereocenters. The normalized spacial score (nSPS) is 17.5. The zero-order valence-electron chi connectivity index (χ0n) is 14.2. The van der Waals surface area contributed by atoms with E-state index < -0.39 is 8.38 Å². The molecule has 1 saturated heterocycles. The van der Waals surface area contributed by atoms with E-state index in [4.69, 9.17) is 9.79 Å². The van der Waals surface area contributed by atoms with Gasteiger partial charge in [-0.1, -0.05) is 18.2 Å². The first kappa shape index (κ1) is 17.8. The van der Waals surface area contributed by atoms with Gasteiger partial charge in [0.2, 0.25) is 0 Å². The lowest BCUT2D eigenvalue weighted by molar-refractivity contribution is 0.198. The smallest absolute Gasteiger partial charge is 0.175 e. The highest BCUT2D eigenvalue weighted by molar-refractivity contribution is 8.04. The van der Waals surface area contributed by atoms with Crippen molar-refractivity contribution in [2.75, 3.05) is 23.5 Å². The summed E-state index contributed by atoms with van der Waals surface area (Å²) < 4.78 is 0. The van der Waals surface area contributed by atoms with Crippen molar-refractivity contribution in [1.29, 1.82) is 0 Å². The van der Waals surface area contributed by atoms with Gasteiger partial charge in [-0.2, -0.15) is 0 Å². The number of H-pyrrole nitrogens is 1. The van der Waals surface area contributed by atoms with Crippen LogP contribution >= 0.6 is 20.1 Å². The van der Waals surface area contributed by atoms with E-state index in [1.165, 1.54) is 11.8 Å². The van der Waals surface area contributed by atoms with E-state index in [-0.39, 0.29) is 6.10 Å². The van der Waals surface area contributed by atoms with Crippen LogP contribution in [-0.2, 0) is 0 Å². The first-order valence-electron chi connectivity index (χ1n) is 8.53. The Balaban J connectivity index is 1.58. The molecule has 1 atom stereocenters. The van der Waals surface area contributed by atoms with Crippen LogP contribution in [0.2, 0.25) is 0 Å². The minimum Gasteiger partial charge on any atom is -0.391 e. The van der Waals surface area contributed by atoms with E-state index in [2.05, 4.69) is 52.3 Å². The highest BCUT2D eigenvalue weighted by atomic mass is 32.2. The molecular formula is C19H21N2O3PS. The maximum Gasteiger partial charge on any atom is 0.175 e. The second-order valence-electron chi connectivity index (χ2n) is 6.49. The molecule has 0 bridgehead atoms. The predicted molar refractivity (Wildman–Crippen MR) is 109 cm³/mol. The van der Waals surface area contributed by atoms with Crippen LogP contribution < -0.4 is 4.90 Å². The van der Waals surface area contributed by atoms with Crippen LogP contribution in [0.15, 0.2) is 53.6 Å². The number of fused-ring (bicyclic) bond motifs is 1. The van der Waals surface area contributed by atoms with Crippen molar-refractivity contribution < 1.29 is 14.9 Å². The van der Waals surface area contributed by atoms with Gasteiger partial charge in [0.15, 0.2) is 8.38 Å². The number of aliphatic hydroxyl groups excluding tert-OH is 1. The second-order valence-corrected chi connectivity index (χ2v) is 9.00. The highest BCUT2D eigenvalue weighted by Crippen LogP contribution is 2.38. The maximum atomic E-state index is 9.70. The van der Waals surface area contributed by atoms with Gasteiger partial charge in [-0.25, -0.2) is 0 Å². The van der Waals surface area contributed by atoms with E-state index >= 15 is 0 Å². The molecule has 4 N–H and O–H groups in total. The predicted octanol–water partition coefficient (Wildman–Crippen LogP) is 3.75. The van der Waals surface area contributed by atoms with Crippen molar-refractivity contribution in [3.63, 3.8) is 0 Å². The Hall–Kier alpha value is -1.56. The molecule has 1 aliphatic rings. The quantitative estimate of drug-likeness (QED) is 0.395. The number of aromatic nitrogens is 1. The van der Waals surface area contributed by atoms with E-state index in [0.29, 0.717) is 12.0 Å². The van der Waals surface area contributed by atoms with E-state index in [1.54, 1.807) is 0 Å². The molecule has 0 amide bonds. The lowest BCUT2D eigenvalue weighted by Gasteiger charge is -2.18. The summed E-state index contributed by atoms with van der Waals surface area (Å²) in [5, 5.41) is 10.8. The summed E-state index contributed by atoms with van der Waals surface area (Å²) in [6, 6.07) is 14.7. The molecule has 1 aliphatic heterocycles. The van der Waals surface area contributed by atoms with Crippen molar-refractivity contribution in [3.8, 4) is 11.1 Å². The van der Waals surface area contributed by atoms with Gasteiger partial charge in [0.1, 0.15) is 0 Å². The van der Waals surface area contributed by atoms with Gasteiger partial charge >= 0.3 is 0 Å². The van der Waals surface area contributed by atoms with Gasteiger partial charge in [-0.15, -0.1) is 11.8 Å². The fourth-order valence-electron chi connectivity index (χ4n) is 3.36. The van der Waals surface area contributed by atoms with Gasteiger partial charge in [0, 0.05) is 40.8 Å². The summed E-state index contributed by atoms with van der Waals surface area (Å²) in [4.78, 5) is 24.8. The molecular weight excluding hydrogens is 367 g/mol. The molecule has 1 aromatic heterocycles. The zero-order chi connectivity index (χ0) is 18.1. The van der Waals surface area contributed by atoms with Crippen LogP contribution in [0.4, 0.5) is 5.69 Å². The second kappa shape index (κ2) is 7.59. The number of hydrogen-bond acceptors (Lipinski definition) is 5. The third-order valence-electron chi connectivity index (χ3n) is 4.71. The lowest BCUT2D eigenvalue weighted by atomic mass is 10.0. The average Bonchev–Trinajstić information content (AvgIpc) is 3.26. The number of anilines is 1. The minimum absolute atomic E-state index is 0.222. The molecule has 4 rings (SSSR count). The third-order valence-corrected chi connectivity index (χ3v) is 6.80. The Kier molecular flexibility index (Phi) is 5.20. The number of β-amino-alcohol motifs (C(OH)–C–C–N with tert-alkyl or cyclic N) is 1. The van der Waals surface area contributed by atoms with Crippen molar-refractivity contribution in [2.45, 2.75) is 17.4 Å². The summed E-state index contributed by atoms with van der Waals surface area (Å²) in [5.74, 6) is 0. The van der Waals surface area contributed by atoms with Crippen LogP contribution in [-0.4, -0.2) is 44.6 Å².